The molecule has 0 spiro atoms. The van der Waals surface area contributed by atoms with Gasteiger partial charge in [0.1, 0.15) is 0 Å². The molecule has 23 heavy (non-hydrogen) atoms. The van der Waals surface area contributed by atoms with Crippen molar-refractivity contribution < 1.29 is 13.2 Å². The van der Waals surface area contributed by atoms with Gasteiger partial charge in [-0.25, -0.2) is 12.7 Å². The number of hydrogen-bond acceptors (Lipinski definition) is 3. The van der Waals surface area contributed by atoms with Crippen LogP contribution in [0.2, 0.25) is 0 Å². The predicted molar refractivity (Wildman–Crippen MR) is 95.1 cm³/mol. The van der Waals surface area contributed by atoms with E-state index in [4.69, 9.17) is 0 Å². The summed E-state index contributed by atoms with van der Waals surface area (Å²) in [5, 5.41) is 0. The molecular formula is C17H28N2O3S. The van der Waals surface area contributed by atoms with Crippen molar-refractivity contribution in [3.63, 3.8) is 0 Å². The first-order valence-electron chi connectivity index (χ1n) is 7.97. The van der Waals surface area contributed by atoms with Crippen molar-refractivity contribution in [1.29, 1.82) is 0 Å². The maximum Gasteiger partial charge on any atom is 0.228 e. The quantitative estimate of drug-likeness (QED) is 0.731. The highest BCUT2D eigenvalue weighted by molar-refractivity contribution is 7.88. The molecular weight excluding hydrogens is 312 g/mol. The fourth-order valence-corrected chi connectivity index (χ4v) is 3.45. The maximum absolute atomic E-state index is 12.5. The SMILES string of the molecule is CCN(C(=O)CCN(CC(C)C)S(C)(=O)=O)c1cccc(C)c1. The Morgan fingerprint density at radius 1 is 1.26 bits per heavy atom. The minimum atomic E-state index is -3.30. The van der Waals surface area contributed by atoms with Gasteiger partial charge >= 0.3 is 0 Å². The van der Waals surface area contributed by atoms with E-state index in [1.54, 1.807) is 4.90 Å². The molecule has 0 heterocycles. The zero-order valence-electron chi connectivity index (χ0n) is 14.7. The lowest BCUT2D eigenvalue weighted by molar-refractivity contribution is -0.118. The van der Waals surface area contributed by atoms with Gasteiger partial charge in [-0.3, -0.25) is 4.79 Å². The average Bonchev–Trinajstić information content (AvgIpc) is 2.42. The van der Waals surface area contributed by atoms with Gasteiger partial charge in [0.05, 0.1) is 6.26 Å². The lowest BCUT2D eigenvalue weighted by atomic mass is 10.2. The summed E-state index contributed by atoms with van der Waals surface area (Å²) < 4.78 is 25.1. The molecule has 0 atom stereocenters. The van der Waals surface area contributed by atoms with Crippen LogP contribution < -0.4 is 4.90 Å². The minimum absolute atomic E-state index is 0.0597. The molecule has 1 aromatic rings. The van der Waals surface area contributed by atoms with Gasteiger partial charge in [0.15, 0.2) is 0 Å². The third-order valence-corrected chi connectivity index (χ3v) is 4.81. The molecule has 130 valence electrons. The van der Waals surface area contributed by atoms with Crippen LogP contribution in [0.3, 0.4) is 0 Å². The summed E-state index contributed by atoms with van der Waals surface area (Å²) in [5.41, 5.74) is 1.94. The number of carbonyl (C=O) groups excluding carboxylic acids is 1. The second-order valence-electron chi connectivity index (χ2n) is 6.24. The highest BCUT2D eigenvalue weighted by atomic mass is 32.2. The van der Waals surface area contributed by atoms with Crippen LogP contribution in [-0.4, -0.2) is 44.5 Å². The number of amides is 1. The Morgan fingerprint density at radius 2 is 1.91 bits per heavy atom. The van der Waals surface area contributed by atoms with Gasteiger partial charge in [-0.15, -0.1) is 0 Å². The number of aryl methyl sites for hydroxylation is 1. The molecule has 0 fully saturated rings. The molecule has 5 nitrogen and oxygen atoms in total. The number of benzene rings is 1. The van der Waals surface area contributed by atoms with Gasteiger partial charge in [0.2, 0.25) is 15.9 Å². The van der Waals surface area contributed by atoms with Gasteiger partial charge < -0.3 is 4.90 Å². The molecule has 6 heteroatoms. The van der Waals surface area contributed by atoms with Crippen LogP contribution in [0.4, 0.5) is 5.69 Å². The first-order chi connectivity index (χ1) is 10.6. The topological polar surface area (TPSA) is 57.7 Å². The summed E-state index contributed by atoms with van der Waals surface area (Å²) in [4.78, 5) is 14.2. The van der Waals surface area contributed by atoms with Crippen LogP contribution in [-0.2, 0) is 14.8 Å². The molecule has 0 N–H and O–H groups in total. The fraction of sp³-hybridized carbons (Fsp3) is 0.588. The summed E-state index contributed by atoms with van der Waals surface area (Å²) in [6, 6.07) is 7.76. The third kappa shape index (κ3) is 6.31. The average molecular weight is 340 g/mol. The number of nitrogens with zero attached hydrogens (tertiary/aromatic N) is 2. The van der Waals surface area contributed by atoms with Crippen molar-refractivity contribution in [2.75, 3.05) is 30.8 Å². The summed E-state index contributed by atoms with van der Waals surface area (Å²) >= 11 is 0. The molecule has 0 aliphatic heterocycles. The van der Waals surface area contributed by atoms with E-state index in [1.807, 2.05) is 52.0 Å². The minimum Gasteiger partial charge on any atom is -0.313 e. The number of rotatable bonds is 8. The Labute approximate surface area is 140 Å². The Hall–Kier alpha value is -1.40. The molecule has 1 amide bonds. The molecule has 0 radical (unpaired) electrons. The molecule has 0 saturated heterocycles. The highest BCUT2D eigenvalue weighted by Crippen LogP contribution is 2.17. The zero-order valence-corrected chi connectivity index (χ0v) is 15.6. The van der Waals surface area contributed by atoms with Crippen LogP contribution >= 0.6 is 0 Å². The van der Waals surface area contributed by atoms with E-state index < -0.39 is 10.0 Å². The highest BCUT2D eigenvalue weighted by Gasteiger charge is 2.21. The van der Waals surface area contributed by atoms with E-state index in [2.05, 4.69) is 0 Å². The predicted octanol–water partition coefficient (Wildman–Crippen LogP) is 2.66. The van der Waals surface area contributed by atoms with Crippen LogP contribution in [0.5, 0.6) is 0 Å². The largest absolute Gasteiger partial charge is 0.313 e. The second kappa shape index (κ2) is 8.45. The lowest BCUT2D eigenvalue weighted by Gasteiger charge is -2.25. The lowest BCUT2D eigenvalue weighted by Crippen LogP contribution is -2.38. The molecule has 1 rings (SSSR count). The smallest absolute Gasteiger partial charge is 0.228 e. The van der Waals surface area contributed by atoms with Crippen LogP contribution in [0.15, 0.2) is 24.3 Å². The van der Waals surface area contributed by atoms with E-state index in [1.165, 1.54) is 10.6 Å². The van der Waals surface area contributed by atoms with Gasteiger partial charge in [-0.1, -0.05) is 26.0 Å². The molecule has 1 aromatic carbocycles. The second-order valence-corrected chi connectivity index (χ2v) is 8.22. The first-order valence-corrected chi connectivity index (χ1v) is 9.82. The normalized spacial score (nSPS) is 12.0. The molecule has 0 aliphatic rings. The van der Waals surface area contributed by atoms with E-state index in [0.717, 1.165) is 11.3 Å². The molecule has 0 aromatic heterocycles. The van der Waals surface area contributed by atoms with Gasteiger partial charge in [0.25, 0.3) is 0 Å². The van der Waals surface area contributed by atoms with Gasteiger partial charge in [-0.2, -0.15) is 0 Å². The molecule has 0 bridgehead atoms. The summed E-state index contributed by atoms with van der Waals surface area (Å²) in [5.74, 6) is 0.161. The Balaban J connectivity index is 2.79. The van der Waals surface area contributed by atoms with E-state index in [0.29, 0.717) is 13.1 Å². The summed E-state index contributed by atoms with van der Waals surface area (Å²) in [6.07, 6.45) is 1.37. The Bertz CT molecular complexity index is 626. The number of carbonyl (C=O) groups is 1. The Kier molecular flexibility index (Phi) is 7.22. The van der Waals surface area contributed by atoms with Crippen molar-refractivity contribution in [3.8, 4) is 0 Å². The van der Waals surface area contributed by atoms with Crippen molar-refractivity contribution in [2.45, 2.75) is 34.1 Å². The van der Waals surface area contributed by atoms with Crippen LogP contribution in [0.1, 0.15) is 32.8 Å². The molecule has 0 unspecified atom stereocenters. The van der Waals surface area contributed by atoms with Crippen LogP contribution in [0.25, 0.3) is 0 Å². The molecule has 0 saturated carbocycles. The fourth-order valence-electron chi connectivity index (χ4n) is 2.45. The molecule has 0 aliphatic carbocycles. The first kappa shape index (κ1) is 19.6. The van der Waals surface area contributed by atoms with Crippen LogP contribution in [0, 0.1) is 12.8 Å². The van der Waals surface area contributed by atoms with E-state index in [-0.39, 0.29) is 24.8 Å². The summed E-state index contributed by atoms with van der Waals surface area (Å²) in [6.45, 7) is 9.04. The number of anilines is 1. The van der Waals surface area contributed by atoms with Crippen molar-refractivity contribution in [3.05, 3.63) is 29.8 Å². The van der Waals surface area contributed by atoms with Gasteiger partial charge in [-0.05, 0) is 37.5 Å². The van der Waals surface area contributed by atoms with Crippen molar-refractivity contribution in [2.24, 2.45) is 5.92 Å². The number of hydrogen-bond donors (Lipinski definition) is 0. The van der Waals surface area contributed by atoms with Crippen molar-refractivity contribution >= 4 is 21.6 Å². The third-order valence-electron chi connectivity index (χ3n) is 3.54. The summed E-state index contributed by atoms with van der Waals surface area (Å²) in [7, 11) is -3.30. The van der Waals surface area contributed by atoms with Gasteiger partial charge in [0, 0.05) is 31.7 Å². The van der Waals surface area contributed by atoms with E-state index >= 15 is 0 Å². The monoisotopic (exact) mass is 340 g/mol. The Morgan fingerprint density at radius 3 is 2.39 bits per heavy atom. The number of sulfonamides is 1. The standard InChI is InChI=1S/C17H28N2O3S/c1-6-19(16-9-7-8-15(4)12-16)17(20)10-11-18(13-14(2)3)23(5,21)22/h7-9,12,14H,6,10-11,13H2,1-5H3. The van der Waals surface area contributed by atoms with Crippen molar-refractivity contribution in [1.82, 2.24) is 4.31 Å². The maximum atomic E-state index is 12.5. The van der Waals surface area contributed by atoms with E-state index in [9.17, 15) is 13.2 Å². The zero-order chi connectivity index (χ0) is 17.6.